The van der Waals surface area contributed by atoms with Gasteiger partial charge in [-0.3, -0.25) is 9.89 Å². The SMILES string of the molecule is CCNC(=NCC1CCCN(C)C1c1cccs1)NCCS(=O)(=O)N(CC)CC. The minimum absolute atomic E-state index is 0.0725. The van der Waals surface area contributed by atoms with Crippen LogP contribution in [0.15, 0.2) is 22.5 Å². The zero-order chi connectivity index (χ0) is 21.3. The van der Waals surface area contributed by atoms with Crippen molar-refractivity contribution in [2.75, 3.05) is 52.1 Å². The molecule has 2 unspecified atom stereocenters. The fraction of sp³-hybridized carbons (Fsp3) is 0.750. The molecule has 7 nitrogen and oxygen atoms in total. The molecule has 1 aliphatic heterocycles. The first-order chi connectivity index (χ1) is 13.9. The summed E-state index contributed by atoms with van der Waals surface area (Å²) in [7, 11) is -1.04. The zero-order valence-electron chi connectivity index (χ0n) is 18.2. The molecular weight excluding hydrogens is 406 g/mol. The molecule has 1 fully saturated rings. The zero-order valence-corrected chi connectivity index (χ0v) is 19.9. The number of thiophene rings is 1. The number of nitrogens with one attached hydrogen (secondary N) is 2. The molecule has 2 rings (SSSR count). The molecule has 9 heteroatoms. The molecule has 29 heavy (non-hydrogen) atoms. The van der Waals surface area contributed by atoms with Gasteiger partial charge in [-0.15, -0.1) is 11.3 Å². The highest BCUT2D eigenvalue weighted by Crippen LogP contribution is 2.37. The molecule has 2 N–H and O–H groups in total. The van der Waals surface area contributed by atoms with E-state index in [-0.39, 0.29) is 5.75 Å². The molecule has 0 aliphatic carbocycles. The molecule has 1 aliphatic rings. The number of aliphatic imine (C=N–C) groups is 1. The van der Waals surface area contributed by atoms with Crippen molar-refractivity contribution in [1.29, 1.82) is 0 Å². The highest BCUT2D eigenvalue weighted by Gasteiger charge is 2.31. The lowest BCUT2D eigenvalue weighted by Crippen LogP contribution is -2.43. The van der Waals surface area contributed by atoms with Crippen molar-refractivity contribution < 1.29 is 8.42 Å². The number of rotatable bonds is 10. The minimum atomic E-state index is -3.23. The monoisotopic (exact) mass is 443 g/mol. The largest absolute Gasteiger partial charge is 0.357 e. The van der Waals surface area contributed by atoms with Crippen molar-refractivity contribution in [3.05, 3.63) is 22.4 Å². The van der Waals surface area contributed by atoms with E-state index in [1.165, 1.54) is 15.6 Å². The maximum Gasteiger partial charge on any atom is 0.215 e. The summed E-state index contributed by atoms with van der Waals surface area (Å²) in [5, 5.41) is 8.59. The lowest BCUT2D eigenvalue weighted by molar-refractivity contribution is 0.128. The summed E-state index contributed by atoms with van der Waals surface area (Å²) in [5.74, 6) is 1.23. The molecule has 2 atom stereocenters. The van der Waals surface area contributed by atoms with Gasteiger partial charge in [-0.05, 0) is 50.7 Å². The van der Waals surface area contributed by atoms with E-state index in [2.05, 4.69) is 40.1 Å². The minimum Gasteiger partial charge on any atom is -0.357 e. The van der Waals surface area contributed by atoms with E-state index in [4.69, 9.17) is 4.99 Å². The average Bonchev–Trinajstić information content (AvgIpc) is 3.21. The number of nitrogens with zero attached hydrogens (tertiary/aromatic N) is 3. The number of piperidine rings is 1. The Kier molecular flexibility index (Phi) is 9.88. The second-order valence-electron chi connectivity index (χ2n) is 7.39. The van der Waals surface area contributed by atoms with Gasteiger partial charge in [0.15, 0.2) is 5.96 Å². The Hall–Kier alpha value is -1.16. The number of hydrogen-bond donors (Lipinski definition) is 2. The Balaban J connectivity index is 1.98. The van der Waals surface area contributed by atoms with Crippen molar-refractivity contribution in [3.8, 4) is 0 Å². The van der Waals surface area contributed by atoms with Crippen LogP contribution < -0.4 is 10.6 Å². The molecule has 0 aromatic carbocycles. The summed E-state index contributed by atoms with van der Waals surface area (Å²) >= 11 is 1.81. The van der Waals surface area contributed by atoms with Crippen molar-refractivity contribution in [2.45, 2.75) is 39.7 Å². The average molecular weight is 444 g/mol. The number of guanidine groups is 1. The standard InChI is InChI=1S/C20H37N5O2S2/c1-5-21-20(22-12-15-29(26,27)25(6-2)7-3)23-16-17-10-8-13-24(4)19(17)18-11-9-14-28-18/h9,11,14,17,19H,5-8,10,12-13,15-16H2,1-4H3,(H2,21,22,23). The van der Waals surface area contributed by atoms with Gasteiger partial charge in [0, 0.05) is 43.6 Å². The lowest BCUT2D eigenvalue weighted by Gasteiger charge is -2.38. The first-order valence-electron chi connectivity index (χ1n) is 10.7. The Labute approximate surface area is 180 Å². The van der Waals surface area contributed by atoms with E-state index in [1.54, 1.807) is 0 Å². The van der Waals surface area contributed by atoms with E-state index in [9.17, 15) is 8.42 Å². The quantitative estimate of drug-likeness (QED) is 0.429. The third kappa shape index (κ3) is 6.94. The Morgan fingerprint density at radius 1 is 1.31 bits per heavy atom. The summed E-state index contributed by atoms with van der Waals surface area (Å²) in [6, 6.07) is 4.73. The topological polar surface area (TPSA) is 77.0 Å². The molecule has 1 aromatic rings. The van der Waals surface area contributed by atoms with Gasteiger partial charge in [-0.1, -0.05) is 19.9 Å². The molecule has 0 radical (unpaired) electrons. The van der Waals surface area contributed by atoms with Crippen LogP contribution in [0.25, 0.3) is 0 Å². The molecular formula is C20H37N5O2S2. The van der Waals surface area contributed by atoms with Crippen LogP contribution in [-0.4, -0.2) is 75.7 Å². The highest BCUT2D eigenvalue weighted by molar-refractivity contribution is 7.89. The van der Waals surface area contributed by atoms with Crippen LogP contribution in [0.4, 0.5) is 0 Å². The van der Waals surface area contributed by atoms with Crippen LogP contribution in [0, 0.1) is 5.92 Å². The maximum atomic E-state index is 12.4. The van der Waals surface area contributed by atoms with Gasteiger partial charge in [0.2, 0.25) is 10.0 Å². The molecule has 1 aromatic heterocycles. The third-order valence-corrected chi connectivity index (χ3v) is 8.39. The third-order valence-electron chi connectivity index (χ3n) is 5.42. The van der Waals surface area contributed by atoms with Gasteiger partial charge < -0.3 is 10.6 Å². The predicted molar refractivity (Wildman–Crippen MR) is 123 cm³/mol. The summed E-state index contributed by atoms with van der Waals surface area (Å²) in [6.45, 7) is 9.70. The highest BCUT2D eigenvalue weighted by atomic mass is 32.2. The van der Waals surface area contributed by atoms with Crippen molar-refractivity contribution in [3.63, 3.8) is 0 Å². The van der Waals surface area contributed by atoms with Gasteiger partial charge in [0.05, 0.1) is 5.75 Å². The van der Waals surface area contributed by atoms with Crippen molar-refractivity contribution in [2.24, 2.45) is 10.9 Å². The normalized spacial score (nSPS) is 21.5. The maximum absolute atomic E-state index is 12.4. The summed E-state index contributed by atoms with van der Waals surface area (Å²) in [5.41, 5.74) is 0. The van der Waals surface area contributed by atoms with Gasteiger partial charge in [-0.25, -0.2) is 12.7 Å². The van der Waals surface area contributed by atoms with E-state index in [0.717, 1.165) is 26.1 Å². The lowest BCUT2D eigenvalue weighted by atomic mass is 9.88. The van der Waals surface area contributed by atoms with Gasteiger partial charge in [-0.2, -0.15) is 0 Å². The molecule has 2 heterocycles. The van der Waals surface area contributed by atoms with Crippen molar-refractivity contribution in [1.82, 2.24) is 19.8 Å². The summed E-state index contributed by atoms with van der Waals surface area (Å²) in [6.07, 6.45) is 2.34. The van der Waals surface area contributed by atoms with Crippen LogP contribution in [0.2, 0.25) is 0 Å². The van der Waals surface area contributed by atoms with Crippen LogP contribution in [0.1, 0.15) is 44.5 Å². The smallest absolute Gasteiger partial charge is 0.215 e. The molecule has 1 saturated heterocycles. The number of hydrogen-bond acceptors (Lipinski definition) is 5. The number of sulfonamides is 1. The Morgan fingerprint density at radius 2 is 2.07 bits per heavy atom. The first kappa shape index (κ1) is 24.1. The van der Waals surface area contributed by atoms with Crippen LogP contribution in [0.5, 0.6) is 0 Å². The van der Waals surface area contributed by atoms with Crippen LogP contribution >= 0.6 is 11.3 Å². The molecule has 0 bridgehead atoms. The summed E-state index contributed by atoms with van der Waals surface area (Å²) < 4.78 is 26.2. The van der Waals surface area contributed by atoms with Gasteiger partial charge in [0.25, 0.3) is 0 Å². The van der Waals surface area contributed by atoms with E-state index < -0.39 is 10.0 Å². The molecule has 166 valence electrons. The number of likely N-dealkylation sites (tertiary alicyclic amines) is 1. The van der Waals surface area contributed by atoms with E-state index >= 15 is 0 Å². The van der Waals surface area contributed by atoms with Gasteiger partial charge >= 0.3 is 0 Å². The molecule has 0 spiro atoms. The second kappa shape index (κ2) is 11.9. The second-order valence-corrected chi connectivity index (χ2v) is 10.5. The molecule has 0 amide bonds. The van der Waals surface area contributed by atoms with Crippen molar-refractivity contribution >= 4 is 27.3 Å². The van der Waals surface area contributed by atoms with E-state index in [0.29, 0.717) is 37.6 Å². The fourth-order valence-corrected chi connectivity index (χ4v) is 6.34. The first-order valence-corrected chi connectivity index (χ1v) is 13.1. The Bertz CT molecular complexity index is 717. The Morgan fingerprint density at radius 3 is 2.69 bits per heavy atom. The van der Waals surface area contributed by atoms with Gasteiger partial charge in [0.1, 0.15) is 0 Å². The predicted octanol–water partition coefficient (Wildman–Crippen LogP) is 2.36. The fourth-order valence-electron chi connectivity index (χ4n) is 3.95. The molecule has 0 saturated carbocycles. The van der Waals surface area contributed by atoms with E-state index in [1.807, 2.05) is 32.1 Å². The van der Waals surface area contributed by atoms with Crippen LogP contribution in [0.3, 0.4) is 0 Å². The van der Waals surface area contributed by atoms with Crippen LogP contribution in [-0.2, 0) is 10.0 Å². The summed E-state index contributed by atoms with van der Waals surface area (Å²) in [4.78, 5) is 8.64.